The molecule has 0 saturated heterocycles. The third-order valence-electron chi connectivity index (χ3n) is 3.02. The molecule has 0 aliphatic heterocycles. The molecule has 1 aromatic carbocycles. The van der Waals surface area contributed by atoms with E-state index in [2.05, 4.69) is 10.4 Å². The summed E-state index contributed by atoms with van der Waals surface area (Å²) in [6.07, 6.45) is 0. The quantitative estimate of drug-likeness (QED) is 0.916. The first kappa shape index (κ1) is 13.6. The van der Waals surface area contributed by atoms with Crippen LogP contribution in [0.3, 0.4) is 0 Å². The van der Waals surface area contributed by atoms with E-state index in [-0.39, 0.29) is 5.91 Å². The molecule has 19 heavy (non-hydrogen) atoms. The first-order valence-electron chi connectivity index (χ1n) is 5.97. The lowest BCUT2D eigenvalue weighted by molar-refractivity contribution is 0.102. The minimum absolute atomic E-state index is 0.252. The Kier molecular flexibility index (Phi) is 3.62. The van der Waals surface area contributed by atoms with Crippen molar-refractivity contribution in [3.63, 3.8) is 0 Å². The monoisotopic (exact) mass is 277 g/mol. The zero-order valence-corrected chi connectivity index (χ0v) is 12.2. The molecule has 5 heteroatoms. The van der Waals surface area contributed by atoms with E-state index in [0.717, 1.165) is 16.8 Å². The Morgan fingerprint density at radius 1 is 1.26 bits per heavy atom. The molecule has 4 nitrogen and oxygen atoms in total. The van der Waals surface area contributed by atoms with Gasteiger partial charge < -0.3 is 5.32 Å². The summed E-state index contributed by atoms with van der Waals surface area (Å²) in [5, 5.41) is 7.50. The molecule has 1 aromatic heterocycles. The van der Waals surface area contributed by atoms with E-state index in [1.165, 1.54) is 0 Å². The van der Waals surface area contributed by atoms with Crippen molar-refractivity contribution in [3.05, 3.63) is 45.7 Å². The predicted octanol–water partition coefficient (Wildman–Crippen LogP) is 3.25. The van der Waals surface area contributed by atoms with Crippen LogP contribution in [0.15, 0.2) is 18.2 Å². The zero-order chi connectivity index (χ0) is 14.2. The summed E-state index contributed by atoms with van der Waals surface area (Å²) >= 11 is 6.16. The summed E-state index contributed by atoms with van der Waals surface area (Å²) in [6.45, 7) is 5.78. The van der Waals surface area contributed by atoms with Gasteiger partial charge in [0.25, 0.3) is 5.91 Å². The van der Waals surface area contributed by atoms with Gasteiger partial charge in [-0.15, -0.1) is 0 Å². The van der Waals surface area contributed by atoms with E-state index in [1.807, 2.05) is 32.9 Å². The van der Waals surface area contributed by atoms with E-state index >= 15 is 0 Å². The van der Waals surface area contributed by atoms with Crippen LogP contribution in [0.25, 0.3) is 0 Å². The Morgan fingerprint density at radius 2 is 1.95 bits per heavy atom. The van der Waals surface area contributed by atoms with Crippen LogP contribution in [0.2, 0.25) is 5.02 Å². The van der Waals surface area contributed by atoms with Crippen LogP contribution in [0, 0.1) is 20.8 Å². The molecule has 0 saturated carbocycles. The molecule has 0 aliphatic carbocycles. The smallest absolute Gasteiger partial charge is 0.276 e. The van der Waals surface area contributed by atoms with Crippen molar-refractivity contribution in [2.24, 2.45) is 7.05 Å². The largest absolute Gasteiger partial charge is 0.319 e. The van der Waals surface area contributed by atoms with E-state index in [4.69, 9.17) is 11.6 Å². The van der Waals surface area contributed by atoms with Crippen molar-refractivity contribution in [2.45, 2.75) is 20.8 Å². The zero-order valence-electron chi connectivity index (χ0n) is 11.4. The number of rotatable bonds is 2. The highest BCUT2D eigenvalue weighted by molar-refractivity contribution is 6.34. The fraction of sp³-hybridized carbons (Fsp3) is 0.286. The second kappa shape index (κ2) is 5.05. The molecule has 0 radical (unpaired) electrons. The van der Waals surface area contributed by atoms with Crippen LogP contribution in [0.5, 0.6) is 0 Å². The number of aromatic nitrogens is 2. The molecule has 1 heterocycles. The minimum Gasteiger partial charge on any atom is -0.319 e. The van der Waals surface area contributed by atoms with E-state index in [0.29, 0.717) is 16.4 Å². The van der Waals surface area contributed by atoms with Crippen LogP contribution in [0.1, 0.15) is 27.3 Å². The standard InChI is InChI=1S/C14H16ClN3O/c1-8-5-9(2)13(11(15)6-8)16-14(19)12-7-10(3)18(4)17-12/h5-7H,1-4H3,(H,16,19). The third kappa shape index (κ3) is 2.79. The molecule has 100 valence electrons. The Bertz CT molecular complexity index is 604. The van der Waals surface area contributed by atoms with Gasteiger partial charge in [-0.3, -0.25) is 9.48 Å². The predicted molar refractivity (Wildman–Crippen MR) is 76.8 cm³/mol. The second-order valence-corrected chi connectivity index (χ2v) is 5.09. The summed E-state index contributed by atoms with van der Waals surface area (Å²) in [4.78, 5) is 12.1. The van der Waals surface area contributed by atoms with Crippen LogP contribution >= 0.6 is 11.6 Å². The maximum atomic E-state index is 12.1. The SMILES string of the molecule is Cc1cc(C)c(NC(=O)c2cc(C)n(C)n2)c(Cl)c1. The van der Waals surface area contributed by atoms with E-state index in [1.54, 1.807) is 17.8 Å². The Morgan fingerprint density at radius 3 is 2.47 bits per heavy atom. The number of benzene rings is 1. The van der Waals surface area contributed by atoms with Crippen LogP contribution in [-0.4, -0.2) is 15.7 Å². The Hall–Kier alpha value is -1.81. The van der Waals surface area contributed by atoms with Gasteiger partial charge in [0, 0.05) is 12.7 Å². The lowest BCUT2D eigenvalue weighted by Crippen LogP contribution is -2.14. The topological polar surface area (TPSA) is 46.9 Å². The van der Waals surface area contributed by atoms with E-state index < -0.39 is 0 Å². The van der Waals surface area contributed by atoms with Gasteiger partial charge in [0.2, 0.25) is 0 Å². The molecular formula is C14H16ClN3O. The normalized spacial score (nSPS) is 10.6. The van der Waals surface area contributed by atoms with Gasteiger partial charge >= 0.3 is 0 Å². The third-order valence-corrected chi connectivity index (χ3v) is 3.31. The van der Waals surface area contributed by atoms with Crippen molar-refractivity contribution in [1.29, 1.82) is 0 Å². The molecule has 0 atom stereocenters. The number of hydrogen-bond donors (Lipinski definition) is 1. The molecule has 0 spiro atoms. The first-order valence-corrected chi connectivity index (χ1v) is 6.35. The van der Waals surface area contributed by atoms with Crippen molar-refractivity contribution < 1.29 is 4.79 Å². The van der Waals surface area contributed by atoms with E-state index in [9.17, 15) is 4.79 Å². The average Bonchev–Trinajstić information content (AvgIpc) is 2.64. The van der Waals surface area contributed by atoms with Gasteiger partial charge in [-0.1, -0.05) is 17.7 Å². The van der Waals surface area contributed by atoms with Gasteiger partial charge in [-0.25, -0.2) is 0 Å². The van der Waals surface area contributed by atoms with Crippen molar-refractivity contribution in [1.82, 2.24) is 9.78 Å². The van der Waals surface area contributed by atoms with Crippen molar-refractivity contribution in [3.8, 4) is 0 Å². The Balaban J connectivity index is 2.29. The van der Waals surface area contributed by atoms with Gasteiger partial charge in [-0.2, -0.15) is 5.10 Å². The fourth-order valence-corrected chi connectivity index (χ4v) is 2.29. The van der Waals surface area contributed by atoms with Crippen LogP contribution in [-0.2, 0) is 7.05 Å². The number of hydrogen-bond acceptors (Lipinski definition) is 2. The molecule has 1 N–H and O–H groups in total. The number of carbonyl (C=O) groups is 1. The first-order chi connectivity index (χ1) is 8.88. The number of aryl methyl sites for hydroxylation is 4. The Labute approximate surface area is 117 Å². The molecule has 1 amide bonds. The average molecular weight is 278 g/mol. The maximum Gasteiger partial charge on any atom is 0.276 e. The van der Waals surface area contributed by atoms with Crippen molar-refractivity contribution >= 4 is 23.2 Å². The lowest BCUT2D eigenvalue weighted by Gasteiger charge is -2.10. The van der Waals surface area contributed by atoms with Crippen LogP contribution < -0.4 is 5.32 Å². The van der Waals surface area contributed by atoms with Gasteiger partial charge in [0.15, 0.2) is 5.69 Å². The van der Waals surface area contributed by atoms with Crippen LogP contribution in [0.4, 0.5) is 5.69 Å². The highest BCUT2D eigenvalue weighted by Crippen LogP contribution is 2.27. The summed E-state index contributed by atoms with van der Waals surface area (Å²) in [5.41, 5.74) is 3.95. The number of halogens is 1. The number of nitrogens with zero attached hydrogens (tertiary/aromatic N) is 2. The number of amides is 1. The highest BCUT2D eigenvalue weighted by Gasteiger charge is 2.14. The minimum atomic E-state index is -0.252. The fourth-order valence-electron chi connectivity index (χ4n) is 1.92. The molecule has 0 unspecified atom stereocenters. The molecule has 0 fully saturated rings. The summed E-state index contributed by atoms with van der Waals surface area (Å²) in [5.74, 6) is -0.252. The summed E-state index contributed by atoms with van der Waals surface area (Å²) in [7, 11) is 1.80. The van der Waals surface area contributed by atoms with Gasteiger partial charge in [0.1, 0.15) is 0 Å². The molecule has 2 aromatic rings. The van der Waals surface area contributed by atoms with Gasteiger partial charge in [0.05, 0.1) is 10.7 Å². The van der Waals surface area contributed by atoms with Crippen molar-refractivity contribution in [2.75, 3.05) is 5.32 Å². The summed E-state index contributed by atoms with van der Waals surface area (Å²) < 4.78 is 1.67. The number of nitrogens with one attached hydrogen (secondary N) is 1. The summed E-state index contributed by atoms with van der Waals surface area (Å²) in [6, 6.07) is 5.55. The molecule has 2 rings (SSSR count). The number of carbonyl (C=O) groups excluding carboxylic acids is 1. The molecular weight excluding hydrogens is 262 g/mol. The second-order valence-electron chi connectivity index (χ2n) is 4.69. The van der Waals surface area contributed by atoms with Gasteiger partial charge in [-0.05, 0) is 44.0 Å². The highest BCUT2D eigenvalue weighted by atomic mass is 35.5. The lowest BCUT2D eigenvalue weighted by atomic mass is 10.1. The molecule has 0 bridgehead atoms. The maximum absolute atomic E-state index is 12.1. The number of anilines is 1. The molecule has 0 aliphatic rings.